The number of sulfonamides is 1. The maximum absolute atomic E-state index is 14.0. The monoisotopic (exact) mass is 565 g/mol. The average molecular weight is 566 g/mol. The van der Waals surface area contributed by atoms with Gasteiger partial charge in [-0.15, -0.1) is 0 Å². The normalized spacial score (nSPS) is 11.9. The van der Waals surface area contributed by atoms with E-state index in [-0.39, 0.29) is 23.0 Å². The summed E-state index contributed by atoms with van der Waals surface area (Å²) in [5.41, 5.74) is 3.85. The summed E-state index contributed by atoms with van der Waals surface area (Å²) in [6.45, 7) is 9.38. The predicted molar refractivity (Wildman–Crippen MR) is 158 cm³/mol. The minimum absolute atomic E-state index is 0.0493. The molecule has 8 nitrogen and oxygen atoms in total. The van der Waals surface area contributed by atoms with Crippen molar-refractivity contribution < 1.29 is 22.7 Å². The van der Waals surface area contributed by atoms with E-state index >= 15 is 0 Å². The number of ether oxygens (including phenoxy) is 1. The lowest BCUT2D eigenvalue weighted by atomic mass is 10.1. The quantitative estimate of drug-likeness (QED) is 0.342. The molecule has 0 saturated heterocycles. The third-order valence-corrected chi connectivity index (χ3v) is 8.45. The molecule has 0 fully saturated rings. The van der Waals surface area contributed by atoms with Gasteiger partial charge in [0.05, 0.1) is 17.7 Å². The van der Waals surface area contributed by atoms with Crippen LogP contribution in [-0.4, -0.2) is 51.4 Å². The summed E-state index contributed by atoms with van der Waals surface area (Å²) in [6.07, 6.45) is 0.750. The molecule has 0 saturated carbocycles. The van der Waals surface area contributed by atoms with Crippen molar-refractivity contribution in [3.05, 3.63) is 89.0 Å². The molecular formula is C31H39N3O5S. The highest BCUT2D eigenvalue weighted by Crippen LogP contribution is 2.34. The molecule has 0 unspecified atom stereocenters. The molecule has 0 aliphatic heterocycles. The maximum atomic E-state index is 14.0. The van der Waals surface area contributed by atoms with E-state index in [2.05, 4.69) is 5.32 Å². The van der Waals surface area contributed by atoms with E-state index in [1.807, 2.05) is 58.0 Å². The van der Waals surface area contributed by atoms with E-state index in [1.54, 1.807) is 31.2 Å². The molecule has 3 aromatic carbocycles. The Morgan fingerprint density at radius 1 is 0.900 bits per heavy atom. The van der Waals surface area contributed by atoms with Crippen molar-refractivity contribution in [3.8, 4) is 5.75 Å². The Kier molecular flexibility index (Phi) is 10.3. The first kappa shape index (κ1) is 30.7. The van der Waals surface area contributed by atoms with E-state index in [0.29, 0.717) is 12.3 Å². The largest absolute Gasteiger partial charge is 0.495 e. The number of carbonyl (C=O) groups excluding carboxylic acids is 2. The lowest BCUT2D eigenvalue weighted by Gasteiger charge is -2.32. The van der Waals surface area contributed by atoms with Crippen molar-refractivity contribution in [3.63, 3.8) is 0 Å². The number of amides is 2. The van der Waals surface area contributed by atoms with E-state index in [0.717, 1.165) is 33.0 Å². The van der Waals surface area contributed by atoms with Crippen LogP contribution in [0, 0.1) is 20.8 Å². The summed E-state index contributed by atoms with van der Waals surface area (Å²) in [5, 5.41) is 2.85. The second-order valence-electron chi connectivity index (χ2n) is 9.97. The number of nitrogens with one attached hydrogen (secondary N) is 1. The second-order valence-corrected chi connectivity index (χ2v) is 11.8. The van der Waals surface area contributed by atoms with Crippen LogP contribution in [0.3, 0.4) is 0 Å². The lowest BCUT2D eigenvalue weighted by molar-refractivity contribution is -0.139. The zero-order valence-electron chi connectivity index (χ0n) is 24.1. The number of anilines is 1. The van der Waals surface area contributed by atoms with Crippen LogP contribution in [0.15, 0.2) is 71.6 Å². The number of benzene rings is 3. The number of rotatable bonds is 12. The lowest BCUT2D eigenvalue weighted by Crippen LogP contribution is -2.51. The summed E-state index contributed by atoms with van der Waals surface area (Å²) in [5.74, 6) is -0.504. The van der Waals surface area contributed by atoms with Crippen molar-refractivity contribution in [2.45, 2.75) is 58.5 Å². The maximum Gasteiger partial charge on any atom is 0.264 e. The van der Waals surface area contributed by atoms with Gasteiger partial charge in [0, 0.05) is 13.1 Å². The topological polar surface area (TPSA) is 96.0 Å². The molecule has 0 aliphatic rings. The van der Waals surface area contributed by atoms with Gasteiger partial charge in [0.15, 0.2) is 0 Å². The predicted octanol–water partition coefficient (Wildman–Crippen LogP) is 4.76. The van der Waals surface area contributed by atoms with Gasteiger partial charge in [-0.1, -0.05) is 60.5 Å². The smallest absolute Gasteiger partial charge is 0.264 e. The van der Waals surface area contributed by atoms with Crippen molar-refractivity contribution in [2.24, 2.45) is 0 Å². The van der Waals surface area contributed by atoms with Gasteiger partial charge in [-0.2, -0.15) is 0 Å². The van der Waals surface area contributed by atoms with Gasteiger partial charge in [0.25, 0.3) is 10.0 Å². The Balaban J connectivity index is 2.08. The van der Waals surface area contributed by atoms with Crippen LogP contribution in [0.2, 0.25) is 0 Å². The van der Waals surface area contributed by atoms with Crippen LogP contribution >= 0.6 is 0 Å². The van der Waals surface area contributed by atoms with Crippen LogP contribution in [-0.2, 0) is 26.2 Å². The third kappa shape index (κ3) is 7.41. The molecule has 3 aromatic rings. The number of aryl methyl sites for hydroxylation is 3. The van der Waals surface area contributed by atoms with Gasteiger partial charge >= 0.3 is 0 Å². The molecule has 1 N–H and O–H groups in total. The molecule has 0 aliphatic carbocycles. The molecule has 2 amide bonds. The zero-order chi connectivity index (χ0) is 29.4. The number of carbonyl (C=O) groups is 2. The Hall–Kier alpha value is -3.85. The highest BCUT2D eigenvalue weighted by atomic mass is 32.2. The fourth-order valence-corrected chi connectivity index (χ4v) is 5.63. The van der Waals surface area contributed by atoms with Gasteiger partial charge in [0.2, 0.25) is 11.8 Å². The Morgan fingerprint density at radius 3 is 2.05 bits per heavy atom. The number of nitrogens with zero attached hydrogens (tertiary/aromatic N) is 2. The molecule has 3 rings (SSSR count). The highest BCUT2D eigenvalue weighted by Gasteiger charge is 2.33. The van der Waals surface area contributed by atoms with E-state index < -0.39 is 28.5 Å². The SMILES string of the molecule is CCCNC(=O)[C@H](C)N(Cc1ccc(C)cc1)C(=O)CN(c1cc(C)ccc1OC)S(=O)(=O)c1ccc(C)cc1. The molecule has 0 spiro atoms. The summed E-state index contributed by atoms with van der Waals surface area (Å²) >= 11 is 0. The number of hydrogen-bond donors (Lipinski definition) is 1. The van der Waals surface area contributed by atoms with Crippen molar-refractivity contribution in [1.29, 1.82) is 0 Å². The molecule has 0 bridgehead atoms. The number of methoxy groups -OCH3 is 1. The highest BCUT2D eigenvalue weighted by molar-refractivity contribution is 7.92. The first-order valence-corrected chi connectivity index (χ1v) is 14.8. The van der Waals surface area contributed by atoms with Crippen molar-refractivity contribution in [1.82, 2.24) is 10.2 Å². The Morgan fingerprint density at radius 2 is 1.48 bits per heavy atom. The first-order valence-electron chi connectivity index (χ1n) is 13.3. The second kappa shape index (κ2) is 13.5. The van der Waals surface area contributed by atoms with E-state index in [9.17, 15) is 18.0 Å². The van der Waals surface area contributed by atoms with E-state index in [4.69, 9.17) is 4.74 Å². The molecule has 9 heteroatoms. The van der Waals surface area contributed by atoms with Gasteiger partial charge in [-0.3, -0.25) is 13.9 Å². The third-order valence-electron chi connectivity index (χ3n) is 6.68. The fraction of sp³-hybridized carbons (Fsp3) is 0.355. The standard InChI is InChI=1S/C31H39N3O5S/c1-7-18-32-31(36)25(5)33(20-26-13-8-22(2)9-14-26)30(35)21-34(28-19-24(4)12-17-29(28)39-6)40(37,38)27-15-10-23(3)11-16-27/h8-17,19,25H,7,18,20-21H2,1-6H3,(H,32,36)/t25-/m0/s1. The van der Waals surface area contributed by atoms with Gasteiger partial charge in [-0.25, -0.2) is 8.42 Å². The molecule has 0 radical (unpaired) electrons. The minimum atomic E-state index is -4.18. The first-order chi connectivity index (χ1) is 19.0. The summed E-state index contributed by atoms with van der Waals surface area (Å²) < 4.78 is 34.7. The van der Waals surface area contributed by atoms with Crippen molar-refractivity contribution in [2.75, 3.05) is 24.5 Å². The summed E-state index contributed by atoms with van der Waals surface area (Å²) in [6, 6.07) is 18.5. The Labute approximate surface area is 238 Å². The molecule has 40 heavy (non-hydrogen) atoms. The number of hydrogen-bond acceptors (Lipinski definition) is 5. The van der Waals surface area contributed by atoms with Crippen LogP contribution in [0.5, 0.6) is 5.75 Å². The summed E-state index contributed by atoms with van der Waals surface area (Å²) in [4.78, 5) is 28.5. The Bertz CT molecular complexity index is 1420. The van der Waals surface area contributed by atoms with Crippen LogP contribution in [0.1, 0.15) is 42.5 Å². The molecule has 214 valence electrons. The molecule has 0 aromatic heterocycles. The van der Waals surface area contributed by atoms with Gasteiger partial charge < -0.3 is 15.0 Å². The van der Waals surface area contributed by atoms with Gasteiger partial charge in [0.1, 0.15) is 18.3 Å². The molecule has 1 atom stereocenters. The van der Waals surface area contributed by atoms with Crippen LogP contribution in [0.25, 0.3) is 0 Å². The van der Waals surface area contributed by atoms with Crippen LogP contribution < -0.4 is 14.4 Å². The molecular weight excluding hydrogens is 526 g/mol. The zero-order valence-corrected chi connectivity index (χ0v) is 24.9. The summed E-state index contributed by atoms with van der Waals surface area (Å²) in [7, 11) is -2.73. The van der Waals surface area contributed by atoms with Crippen LogP contribution in [0.4, 0.5) is 5.69 Å². The van der Waals surface area contributed by atoms with E-state index in [1.165, 1.54) is 24.1 Å². The fourth-order valence-electron chi connectivity index (χ4n) is 4.21. The minimum Gasteiger partial charge on any atom is -0.495 e. The van der Waals surface area contributed by atoms with Gasteiger partial charge in [-0.05, 0) is 69.5 Å². The van der Waals surface area contributed by atoms with Crippen molar-refractivity contribution >= 4 is 27.5 Å². The molecule has 0 heterocycles. The average Bonchev–Trinajstić information content (AvgIpc) is 2.93.